The zero-order valence-corrected chi connectivity index (χ0v) is 22.1. The summed E-state index contributed by atoms with van der Waals surface area (Å²) in [7, 11) is 0. The number of nitrogen functional groups attached to an aromatic ring is 1. The zero-order valence-electron chi connectivity index (χ0n) is 20.5. The quantitative estimate of drug-likeness (QED) is 0.358. The van der Waals surface area contributed by atoms with Gasteiger partial charge in [-0.2, -0.15) is 0 Å². The van der Waals surface area contributed by atoms with Crippen LogP contribution in [0.2, 0.25) is 5.02 Å². The number of urea groups is 1. The molecule has 2 saturated heterocycles. The van der Waals surface area contributed by atoms with Crippen LogP contribution in [0.3, 0.4) is 0 Å². The number of halogens is 3. The van der Waals surface area contributed by atoms with E-state index in [0.717, 1.165) is 16.1 Å². The van der Waals surface area contributed by atoms with Gasteiger partial charge in [-0.1, -0.05) is 29.0 Å². The molecule has 0 atom stereocenters. The van der Waals surface area contributed by atoms with Gasteiger partial charge >= 0.3 is 6.03 Å². The van der Waals surface area contributed by atoms with Crippen molar-refractivity contribution in [1.29, 1.82) is 0 Å². The van der Waals surface area contributed by atoms with E-state index < -0.39 is 17.7 Å². The van der Waals surface area contributed by atoms with Crippen LogP contribution in [0.1, 0.15) is 0 Å². The number of hydrogen-bond acceptors (Lipinski definition) is 8. The van der Waals surface area contributed by atoms with Gasteiger partial charge in [-0.25, -0.2) is 28.5 Å². The number of aromatic nitrogens is 3. The molecule has 2 aliphatic rings. The smallest absolute Gasteiger partial charge is 0.329 e. The number of anilines is 4. The van der Waals surface area contributed by atoms with Crippen molar-refractivity contribution in [2.24, 2.45) is 0 Å². The Balaban J connectivity index is 1.39. The minimum atomic E-state index is -0.551. The second-order valence-corrected chi connectivity index (χ2v) is 10.3. The summed E-state index contributed by atoms with van der Waals surface area (Å²) in [6.07, 6.45) is 1.56. The lowest BCUT2D eigenvalue weighted by Gasteiger charge is -2.26. The summed E-state index contributed by atoms with van der Waals surface area (Å²) in [4.78, 5) is 32.2. The molecule has 2 aliphatic heterocycles. The SMILES string of the molecule is Nc1nccc(-c2nc(N3CCOCC3)sc2-c2ccc(F)c(N3CCN(c4ccc(F)cc4Cl)C3=O)c2)n1. The highest BCUT2D eigenvalue weighted by Gasteiger charge is 2.34. The number of thiazole rings is 1. The molecule has 13 heteroatoms. The van der Waals surface area contributed by atoms with Gasteiger partial charge < -0.3 is 15.4 Å². The molecule has 0 spiro atoms. The van der Waals surface area contributed by atoms with E-state index in [2.05, 4.69) is 14.9 Å². The fourth-order valence-corrected chi connectivity index (χ4v) is 6.01. The minimum absolute atomic E-state index is 0.105. The lowest BCUT2D eigenvalue weighted by atomic mass is 10.1. The Hall–Kier alpha value is -3.87. The predicted octanol–water partition coefficient (Wildman–Crippen LogP) is 5.06. The second kappa shape index (κ2) is 10.4. The molecule has 6 rings (SSSR count). The Bertz CT molecular complexity index is 1560. The lowest BCUT2D eigenvalue weighted by molar-refractivity contribution is 0.122. The van der Waals surface area contributed by atoms with Crippen molar-refractivity contribution in [2.45, 2.75) is 0 Å². The summed E-state index contributed by atoms with van der Waals surface area (Å²) in [5.74, 6) is -0.945. The summed E-state index contributed by atoms with van der Waals surface area (Å²) < 4.78 is 34.2. The molecule has 9 nitrogen and oxygen atoms in total. The van der Waals surface area contributed by atoms with E-state index in [-0.39, 0.29) is 29.7 Å². The van der Waals surface area contributed by atoms with Crippen LogP contribution in [0.4, 0.5) is 36.0 Å². The normalized spacial score (nSPS) is 15.9. The molecule has 0 saturated carbocycles. The molecule has 0 aliphatic carbocycles. The number of morpholine rings is 1. The highest BCUT2D eigenvalue weighted by atomic mass is 35.5. The second-order valence-electron chi connectivity index (χ2n) is 8.92. The van der Waals surface area contributed by atoms with Gasteiger partial charge in [0.1, 0.15) is 17.3 Å². The molecule has 2 N–H and O–H groups in total. The van der Waals surface area contributed by atoms with Crippen LogP contribution in [0.25, 0.3) is 21.8 Å². The van der Waals surface area contributed by atoms with Crippen LogP contribution >= 0.6 is 22.9 Å². The fraction of sp³-hybridized carbons (Fsp3) is 0.231. The molecule has 2 aromatic carbocycles. The highest BCUT2D eigenvalue weighted by molar-refractivity contribution is 7.19. The molecule has 4 aromatic rings. The van der Waals surface area contributed by atoms with Crippen molar-refractivity contribution in [1.82, 2.24) is 15.0 Å². The van der Waals surface area contributed by atoms with Crippen LogP contribution in [0.15, 0.2) is 48.7 Å². The summed E-state index contributed by atoms with van der Waals surface area (Å²) >= 11 is 7.64. The van der Waals surface area contributed by atoms with Crippen LogP contribution < -0.4 is 20.4 Å². The van der Waals surface area contributed by atoms with Gasteiger partial charge in [0.25, 0.3) is 0 Å². The number of carbonyl (C=O) groups is 1. The maximum Gasteiger partial charge on any atom is 0.329 e. The van der Waals surface area contributed by atoms with E-state index in [9.17, 15) is 9.18 Å². The number of nitrogens with zero attached hydrogens (tertiary/aromatic N) is 6. The molecule has 0 radical (unpaired) electrons. The summed E-state index contributed by atoms with van der Waals surface area (Å²) in [5, 5.41) is 0.884. The number of rotatable bonds is 5. The number of ether oxygens (including phenoxy) is 1. The van der Waals surface area contributed by atoms with Crippen LogP contribution in [0, 0.1) is 11.6 Å². The van der Waals surface area contributed by atoms with Crippen molar-refractivity contribution in [3.63, 3.8) is 0 Å². The van der Waals surface area contributed by atoms with Crippen molar-refractivity contribution in [2.75, 3.05) is 59.8 Å². The van der Waals surface area contributed by atoms with Gasteiger partial charge in [0.2, 0.25) is 5.95 Å². The van der Waals surface area contributed by atoms with Crippen molar-refractivity contribution in [3.05, 3.63) is 65.3 Å². The summed E-state index contributed by atoms with van der Waals surface area (Å²) in [6.45, 7) is 3.06. The number of hydrogen-bond donors (Lipinski definition) is 1. The Labute approximate surface area is 231 Å². The van der Waals surface area contributed by atoms with Crippen molar-refractivity contribution >= 4 is 51.4 Å². The molecule has 2 fully saturated rings. The molecule has 200 valence electrons. The van der Waals surface area contributed by atoms with Crippen molar-refractivity contribution in [3.8, 4) is 21.8 Å². The number of benzene rings is 2. The first-order chi connectivity index (χ1) is 18.9. The maximum atomic E-state index is 15.2. The largest absolute Gasteiger partial charge is 0.378 e. The molecular formula is C26H22ClF2N7O2S. The third-order valence-corrected chi connectivity index (χ3v) is 7.99. The summed E-state index contributed by atoms with van der Waals surface area (Å²) in [6, 6.07) is 9.69. The third kappa shape index (κ3) is 4.86. The van der Waals surface area contributed by atoms with E-state index >= 15 is 4.39 Å². The maximum absolute atomic E-state index is 15.2. The molecule has 39 heavy (non-hydrogen) atoms. The van der Waals surface area contributed by atoms with Gasteiger partial charge in [0.15, 0.2) is 5.13 Å². The van der Waals surface area contributed by atoms with Crippen molar-refractivity contribution < 1.29 is 18.3 Å². The molecule has 2 aromatic heterocycles. The van der Waals surface area contributed by atoms with E-state index in [0.29, 0.717) is 48.9 Å². The first kappa shape index (κ1) is 25.4. The minimum Gasteiger partial charge on any atom is -0.378 e. The Morgan fingerprint density at radius 2 is 1.72 bits per heavy atom. The van der Waals surface area contributed by atoms with Gasteiger partial charge in [-0.3, -0.25) is 9.80 Å². The lowest BCUT2D eigenvalue weighted by Crippen LogP contribution is -2.36. The van der Waals surface area contributed by atoms with Gasteiger partial charge in [-0.15, -0.1) is 0 Å². The Morgan fingerprint density at radius 1 is 0.949 bits per heavy atom. The van der Waals surface area contributed by atoms with Gasteiger partial charge in [0.05, 0.1) is 40.2 Å². The molecule has 4 heterocycles. The number of carbonyl (C=O) groups excluding carboxylic acids is 1. The predicted molar refractivity (Wildman–Crippen MR) is 147 cm³/mol. The monoisotopic (exact) mass is 569 g/mol. The topological polar surface area (TPSA) is 101 Å². The third-order valence-electron chi connectivity index (χ3n) is 6.52. The Morgan fingerprint density at radius 3 is 2.46 bits per heavy atom. The van der Waals surface area contributed by atoms with Crippen LogP contribution in [-0.2, 0) is 4.74 Å². The van der Waals surface area contributed by atoms with Gasteiger partial charge in [-0.05, 0) is 42.0 Å². The van der Waals surface area contributed by atoms with E-state index in [4.69, 9.17) is 27.1 Å². The average Bonchev–Trinajstić information content (AvgIpc) is 3.54. The Kier molecular flexibility index (Phi) is 6.75. The van der Waals surface area contributed by atoms with Crippen LogP contribution in [0.5, 0.6) is 0 Å². The first-order valence-electron chi connectivity index (χ1n) is 12.2. The molecular weight excluding hydrogens is 548 g/mol. The van der Waals surface area contributed by atoms with E-state index in [1.54, 1.807) is 24.4 Å². The molecule has 0 bridgehead atoms. The van der Waals surface area contributed by atoms with Gasteiger partial charge in [0, 0.05) is 32.4 Å². The number of amides is 2. The standard InChI is InChI=1S/C26H22ClF2N7O2S/c27-17-14-16(28)2-4-20(17)35-7-8-36(26(35)37)21-13-15(1-3-18(21)29)23-22(19-5-6-31-24(30)32-19)33-25(39-23)34-9-11-38-12-10-34/h1-6,13-14H,7-12H2,(H2,30,31,32). The average molecular weight is 570 g/mol. The fourth-order valence-electron chi connectivity index (χ4n) is 4.62. The first-order valence-corrected chi connectivity index (χ1v) is 13.3. The van der Waals surface area contributed by atoms with E-state index in [1.807, 2.05) is 0 Å². The molecule has 2 amide bonds. The van der Waals surface area contributed by atoms with E-state index in [1.165, 1.54) is 39.3 Å². The molecule has 0 unspecified atom stereocenters. The highest BCUT2D eigenvalue weighted by Crippen LogP contribution is 2.42. The zero-order chi connectivity index (χ0) is 27.1. The summed E-state index contributed by atoms with van der Waals surface area (Å²) in [5.41, 5.74) is 8.12. The van der Waals surface area contributed by atoms with Crippen LogP contribution in [-0.4, -0.2) is 60.4 Å². The number of nitrogens with two attached hydrogens (primary N) is 1.